The highest BCUT2D eigenvalue weighted by Gasteiger charge is 2.36. The largest absolute Gasteiger partial charge is 0.380 e. The normalized spacial score (nSPS) is 26.2. The number of fused-ring (bicyclic) bond motifs is 1. The van der Waals surface area contributed by atoms with Crippen LogP contribution in [0.15, 0.2) is 24.5 Å². The van der Waals surface area contributed by atoms with Crippen LogP contribution in [0.4, 0.5) is 16.0 Å². The fourth-order valence-corrected chi connectivity index (χ4v) is 5.65. The van der Waals surface area contributed by atoms with Gasteiger partial charge in [0.25, 0.3) is 0 Å². The number of alkyl halides is 1. The summed E-state index contributed by atoms with van der Waals surface area (Å²) >= 11 is 6.62. The molecule has 0 bridgehead atoms. The van der Waals surface area contributed by atoms with Crippen LogP contribution in [0.2, 0.25) is 5.02 Å². The van der Waals surface area contributed by atoms with E-state index >= 15 is 4.39 Å². The number of ether oxygens (including phenoxy) is 1. The smallest absolute Gasteiger partial charge is 0.227 e. The molecule has 0 amide bonds. The Balaban J connectivity index is 1.25. The van der Waals surface area contributed by atoms with Crippen LogP contribution in [0.5, 0.6) is 0 Å². The SMILES string of the molecule is Cn1ncc(Nc2ncc3cc(Cl)c(C4CCN(C5CCOC5)CC4F)cc3n2)c1C1CC1. The lowest BCUT2D eigenvalue weighted by molar-refractivity contribution is 0.0729. The molecule has 1 aromatic carbocycles. The van der Waals surface area contributed by atoms with Crippen molar-refractivity contribution in [2.75, 3.05) is 31.6 Å². The number of piperidine rings is 1. The Morgan fingerprint density at radius 2 is 2.06 bits per heavy atom. The maximum atomic E-state index is 15.3. The summed E-state index contributed by atoms with van der Waals surface area (Å²) in [5, 5.41) is 9.16. The van der Waals surface area contributed by atoms with Gasteiger partial charge in [0.2, 0.25) is 5.95 Å². The molecule has 0 radical (unpaired) electrons. The van der Waals surface area contributed by atoms with Gasteiger partial charge in [0.1, 0.15) is 6.17 Å². The average molecular weight is 471 g/mol. The van der Waals surface area contributed by atoms with Crippen molar-refractivity contribution in [3.8, 4) is 0 Å². The zero-order chi connectivity index (χ0) is 22.5. The Labute approximate surface area is 197 Å². The number of rotatable bonds is 5. The van der Waals surface area contributed by atoms with Crippen molar-refractivity contribution in [2.45, 2.75) is 49.7 Å². The van der Waals surface area contributed by atoms with Crippen LogP contribution in [0.25, 0.3) is 10.9 Å². The van der Waals surface area contributed by atoms with Gasteiger partial charge in [0, 0.05) is 54.7 Å². The monoisotopic (exact) mass is 470 g/mol. The highest BCUT2D eigenvalue weighted by molar-refractivity contribution is 6.32. The maximum Gasteiger partial charge on any atom is 0.227 e. The Kier molecular flexibility index (Phi) is 5.47. The van der Waals surface area contributed by atoms with E-state index < -0.39 is 6.17 Å². The predicted octanol–water partition coefficient (Wildman–Crippen LogP) is 4.55. The fraction of sp³-hybridized carbons (Fsp3) is 0.542. The summed E-state index contributed by atoms with van der Waals surface area (Å²) in [6, 6.07) is 4.14. The Bertz CT molecular complexity index is 1180. The van der Waals surface area contributed by atoms with E-state index in [-0.39, 0.29) is 5.92 Å². The molecule has 0 spiro atoms. The summed E-state index contributed by atoms with van der Waals surface area (Å²) in [7, 11) is 1.97. The number of anilines is 2. The highest BCUT2D eigenvalue weighted by Crippen LogP contribution is 2.43. The van der Waals surface area contributed by atoms with E-state index in [1.807, 2.05) is 30.1 Å². The first-order valence-electron chi connectivity index (χ1n) is 11.8. The molecule has 3 fully saturated rings. The first-order chi connectivity index (χ1) is 16.1. The lowest BCUT2D eigenvalue weighted by Gasteiger charge is -2.38. The predicted molar refractivity (Wildman–Crippen MR) is 126 cm³/mol. The minimum atomic E-state index is -0.967. The van der Waals surface area contributed by atoms with E-state index in [2.05, 4.69) is 20.3 Å². The minimum Gasteiger partial charge on any atom is -0.380 e. The molecule has 3 unspecified atom stereocenters. The lowest BCUT2D eigenvalue weighted by atomic mass is 9.86. The van der Waals surface area contributed by atoms with Gasteiger partial charge in [0.05, 0.1) is 29.7 Å². The van der Waals surface area contributed by atoms with Crippen LogP contribution in [0, 0.1) is 0 Å². The van der Waals surface area contributed by atoms with Crippen LogP contribution in [0.1, 0.15) is 48.8 Å². The standard InChI is InChI=1S/C24H28ClFN6O/c1-31-23(14-2-3-14)22(11-28-31)30-24-27-10-15-8-19(25)18(9-21(15)29-24)17-4-6-32(12-20(17)26)16-5-7-33-13-16/h8-11,14,16-17,20H,2-7,12-13H2,1H3,(H,27,29,30). The number of hydrogen-bond donors (Lipinski definition) is 1. The molecule has 6 rings (SSSR count). The molecule has 4 heterocycles. The highest BCUT2D eigenvalue weighted by atomic mass is 35.5. The van der Waals surface area contributed by atoms with Crippen molar-refractivity contribution in [2.24, 2.45) is 7.05 Å². The van der Waals surface area contributed by atoms with Gasteiger partial charge >= 0.3 is 0 Å². The van der Waals surface area contributed by atoms with Crippen molar-refractivity contribution < 1.29 is 9.13 Å². The van der Waals surface area contributed by atoms with Crippen molar-refractivity contribution >= 4 is 34.1 Å². The lowest BCUT2D eigenvalue weighted by Crippen LogP contribution is -2.46. The number of aryl methyl sites for hydroxylation is 1. The molecule has 2 saturated heterocycles. The first-order valence-corrected chi connectivity index (χ1v) is 12.2. The number of benzene rings is 1. The maximum absolute atomic E-state index is 15.3. The summed E-state index contributed by atoms with van der Waals surface area (Å²) < 4.78 is 22.7. The molecule has 3 aliphatic rings. The summed E-state index contributed by atoms with van der Waals surface area (Å²) in [5.74, 6) is 0.833. The molecule has 9 heteroatoms. The van der Waals surface area contributed by atoms with Crippen LogP contribution >= 0.6 is 11.6 Å². The van der Waals surface area contributed by atoms with Gasteiger partial charge in [-0.1, -0.05) is 11.6 Å². The number of likely N-dealkylation sites (tertiary alicyclic amines) is 1. The van der Waals surface area contributed by atoms with Crippen molar-refractivity contribution in [1.82, 2.24) is 24.6 Å². The molecule has 174 valence electrons. The second kappa shape index (κ2) is 8.49. The summed E-state index contributed by atoms with van der Waals surface area (Å²) in [5.41, 5.74) is 3.74. The van der Waals surface area contributed by atoms with E-state index in [9.17, 15) is 0 Å². The van der Waals surface area contributed by atoms with Gasteiger partial charge in [0.15, 0.2) is 0 Å². The second-order valence-corrected chi connectivity index (χ2v) is 9.92. The molecule has 3 aromatic rings. The van der Waals surface area contributed by atoms with E-state index in [4.69, 9.17) is 21.3 Å². The summed E-state index contributed by atoms with van der Waals surface area (Å²) in [4.78, 5) is 11.4. The third kappa shape index (κ3) is 4.09. The van der Waals surface area contributed by atoms with Crippen LogP contribution in [0.3, 0.4) is 0 Å². The molecular weight excluding hydrogens is 443 g/mol. The molecule has 2 aromatic heterocycles. The molecule has 1 N–H and O–H groups in total. The van der Waals surface area contributed by atoms with Crippen LogP contribution < -0.4 is 5.32 Å². The first kappa shape index (κ1) is 21.3. The van der Waals surface area contributed by atoms with E-state index in [1.54, 1.807) is 6.20 Å². The van der Waals surface area contributed by atoms with Gasteiger partial charge < -0.3 is 10.1 Å². The summed E-state index contributed by atoms with van der Waals surface area (Å²) in [6.45, 7) is 2.76. The summed E-state index contributed by atoms with van der Waals surface area (Å²) in [6.07, 6.45) is 6.72. The second-order valence-electron chi connectivity index (χ2n) is 9.52. The van der Waals surface area contributed by atoms with E-state index in [1.165, 1.54) is 18.5 Å². The molecule has 7 nitrogen and oxygen atoms in total. The van der Waals surface area contributed by atoms with Gasteiger partial charge in [-0.2, -0.15) is 5.10 Å². The van der Waals surface area contributed by atoms with E-state index in [0.29, 0.717) is 36.1 Å². The van der Waals surface area contributed by atoms with Crippen molar-refractivity contribution in [3.05, 3.63) is 40.8 Å². The van der Waals surface area contributed by atoms with Gasteiger partial charge in [-0.3, -0.25) is 9.58 Å². The molecule has 1 aliphatic carbocycles. The number of nitrogens with zero attached hydrogens (tertiary/aromatic N) is 5. The zero-order valence-corrected chi connectivity index (χ0v) is 19.4. The molecule has 3 atom stereocenters. The minimum absolute atomic E-state index is 0.230. The van der Waals surface area contributed by atoms with E-state index in [0.717, 1.165) is 48.1 Å². The Morgan fingerprint density at radius 1 is 1.18 bits per heavy atom. The topological polar surface area (TPSA) is 68.1 Å². The molecule has 2 aliphatic heterocycles. The number of halogens is 2. The van der Waals surface area contributed by atoms with Crippen molar-refractivity contribution in [3.63, 3.8) is 0 Å². The number of aromatic nitrogens is 4. The van der Waals surface area contributed by atoms with Gasteiger partial charge in [-0.25, -0.2) is 14.4 Å². The Hall–Kier alpha value is -2.29. The van der Waals surface area contributed by atoms with Crippen molar-refractivity contribution in [1.29, 1.82) is 0 Å². The third-order valence-corrected chi connectivity index (χ3v) is 7.62. The number of nitrogens with one attached hydrogen (secondary N) is 1. The van der Waals surface area contributed by atoms with Gasteiger partial charge in [-0.05, 0) is 49.9 Å². The molecule has 1 saturated carbocycles. The molecular formula is C24H28ClFN6O. The van der Waals surface area contributed by atoms with Crippen LogP contribution in [-0.2, 0) is 11.8 Å². The average Bonchev–Trinajstić information content (AvgIpc) is 3.34. The quantitative estimate of drug-likeness (QED) is 0.589. The fourth-order valence-electron chi connectivity index (χ4n) is 5.34. The Morgan fingerprint density at radius 3 is 2.82 bits per heavy atom. The van der Waals surface area contributed by atoms with Gasteiger partial charge in [-0.15, -0.1) is 0 Å². The molecule has 33 heavy (non-hydrogen) atoms. The zero-order valence-electron chi connectivity index (χ0n) is 18.7. The number of hydrogen-bond acceptors (Lipinski definition) is 6. The van der Waals surface area contributed by atoms with Crippen LogP contribution in [-0.4, -0.2) is 63.2 Å². The third-order valence-electron chi connectivity index (χ3n) is 7.29.